The van der Waals surface area contributed by atoms with Gasteiger partial charge in [-0.15, -0.1) is 0 Å². The number of carbonyl (C=O) groups excluding carboxylic acids is 1. The van der Waals surface area contributed by atoms with Crippen molar-refractivity contribution in [2.24, 2.45) is 10.1 Å². The molecular weight excluding hydrogens is 683 g/mol. The highest BCUT2D eigenvalue weighted by molar-refractivity contribution is 6.35. The molecule has 1 aliphatic rings. The minimum absolute atomic E-state index is 0.0239. The molecule has 0 unspecified atom stereocenters. The average molecular weight is 720 g/mol. The number of methoxy groups -OCH3 is 2. The van der Waals surface area contributed by atoms with Gasteiger partial charge in [-0.2, -0.15) is 0 Å². The number of hydrogen-bond acceptors (Lipinski definition) is 9. The van der Waals surface area contributed by atoms with E-state index in [0.717, 1.165) is 16.7 Å². The van der Waals surface area contributed by atoms with E-state index < -0.39 is 17.6 Å². The maximum atomic E-state index is 14.7. The number of ether oxygens (including phenoxy) is 4. The summed E-state index contributed by atoms with van der Waals surface area (Å²) >= 11 is 13.1. The van der Waals surface area contributed by atoms with Crippen molar-refractivity contribution < 1.29 is 28.8 Å². The summed E-state index contributed by atoms with van der Waals surface area (Å²) in [4.78, 5) is 22.6. The topological polar surface area (TPSA) is 159 Å². The summed E-state index contributed by atoms with van der Waals surface area (Å²) in [6, 6.07) is 24.9. The van der Waals surface area contributed by atoms with Gasteiger partial charge in [0.15, 0.2) is 11.6 Å². The van der Waals surface area contributed by atoms with Crippen LogP contribution in [0.2, 0.25) is 10.0 Å². The van der Waals surface area contributed by atoms with Gasteiger partial charge in [0.2, 0.25) is 5.90 Å². The lowest BCUT2D eigenvalue weighted by molar-refractivity contribution is -0.130. The molecule has 0 saturated heterocycles. The van der Waals surface area contributed by atoms with Gasteiger partial charge in [0.25, 0.3) is 5.91 Å². The Labute approximate surface area is 299 Å². The number of amides is 1. The van der Waals surface area contributed by atoms with Crippen LogP contribution in [0.25, 0.3) is 10.4 Å². The monoisotopic (exact) mass is 718 g/mol. The van der Waals surface area contributed by atoms with E-state index in [4.69, 9.17) is 57.8 Å². The van der Waals surface area contributed by atoms with Crippen molar-refractivity contribution in [3.8, 4) is 17.2 Å². The van der Waals surface area contributed by atoms with Crippen molar-refractivity contribution in [2.45, 2.75) is 37.6 Å². The number of aliphatic hydroxyl groups is 1. The first-order valence-corrected chi connectivity index (χ1v) is 16.4. The Balaban J connectivity index is 1.57. The van der Waals surface area contributed by atoms with Crippen molar-refractivity contribution >= 4 is 35.0 Å². The van der Waals surface area contributed by atoms with Gasteiger partial charge in [-0.3, -0.25) is 10.2 Å². The molecule has 4 aromatic rings. The van der Waals surface area contributed by atoms with Gasteiger partial charge >= 0.3 is 0 Å². The fourth-order valence-electron chi connectivity index (χ4n) is 5.56. The van der Waals surface area contributed by atoms with Crippen LogP contribution in [-0.2, 0) is 29.0 Å². The molecule has 1 aliphatic heterocycles. The third-order valence-corrected chi connectivity index (χ3v) is 8.63. The van der Waals surface area contributed by atoms with E-state index in [-0.39, 0.29) is 32.0 Å². The number of hydrazine groups is 1. The molecule has 14 heteroatoms. The summed E-state index contributed by atoms with van der Waals surface area (Å²) in [5.74, 6) is 1.51. The number of azide groups is 1. The number of benzene rings is 4. The molecule has 0 aromatic heterocycles. The third kappa shape index (κ3) is 8.60. The fourth-order valence-corrected chi connectivity index (χ4v) is 6.07. The molecule has 2 atom stereocenters. The minimum Gasteiger partial charge on any atom is -0.497 e. The van der Waals surface area contributed by atoms with E-state index in [0.29, 0.717) is 51.4 Å². The normalized spacial score (nSPS) is 16.5. The number of nitrogens with one attached hydrogen (secondary N) is 2. The number of hydrogen-bond donors (Lipinski definition) is 3. The first-order valence-electron chi connectivity index (χ1n) is 15.7. The van der Waals surface area contributed by atoms with Crippen LogP contribution in [0.4, 0.5) is 0 Å². The zero-order valence-electron chi connectivity index (χ0n) is 27.4. The Morgan fingerprint density at radius 1 is 1.00 bits per heavy atom. The Hall–Kier alpha value is -4.97. The zero-order chi connectivity index (χ0) is 35.5. The molecule has 4 aromatic carbocycles. The Kier molecular flexibility index (Phi) is 12.4. The maximum Gasteiger partial charge on any atom is 0.266 e. The molecule has 3 N–H and O–H groups in total. The molecule has 50 heavy (non-hydrogen) atoms. The lowest BCUT2D eigenvalue weighted by Crippen LogP contribution is -2.53. The lowest BCUT2D eigenvalue weighted by atomic mass is 9.81. The predicted molar refractivity (Wildman–Crippen MR) is 191 cm³/mol. The van der Waals surface area contributed by atoms with Gasteiger partial charge in [0, 0.05) is 58.1 Å². The van der Waals surface area contributed by atoms with Crippen LogP contribution in [0.15, 0.2) is 95.0 Å². The van der Waals surface area contributed by atoms with Crippen LogP contribution >= 0.6 is 23.2 Å². The highest BCUT2D eigenvalue weighted by Crippen LogP contribution is 2.45. The summed E-state index contributed by atoms with van der Waals surface area (Å²) in [5.41, 5.74) is 16.7. The number of aliphatic hydroxyl groups excluding tert-OH is 1. The predicted octanol–water partition coefficient (Wildman–Crippen LogP) is 6.90. The second kappa shape index (κ2) is 17.1. The molecule has 0 fully saturated rings. The van der Waals surface area contributed by atoms with Gasteiger partial charge in [-0.25, -0.2) is 10.4 Å². The molecular formula is C36H36Cl2N6O6. The molecule has 0 spiro atoms. The average Bonchev–Trinajstić information content (AvgIpc) is 3.51. The molecule has 0 bridgehead atoms. The molecule has 1 heterocycles. The summed E-state index contributed by atoms with van der Waals surface area (Å²) in [7, 11) is 3.12. The van der Waals surface area contributed by atoms with E-state index >= 15 is 0 Å². The van der Waals surface area contributed by atoms with Crippen molar-refractivity contribution in [3.63, 3.8) is 0 Å². The fraction of sp³-hybridized carbons (Fsp3) is 0.278. The Morgan fingerprint density at radius 3 is 2.38 bits per heavy atom. The molecule has 260 valence electrons. The van der Waals surface area contributed by atoms with Crippen molar-refractivity contribution in [1.82, 2.24) is 10.9 Å². The SMILES string of the molecule is COc1cc(CNNC(=O)[C@@]2(Cc3ccccc3CN=[N+]=[N-])N=C(c3ccc(OCCCO)cc3)O[C@H]2c2ccc(Cl)cc2Cl)cc(OC)c1. The first-order chi connectivity index (χ1) is 24.3. The van der Waals surface area contributed by atoms with Crippen molar-refractivity contribution in [3.05, 3.63) is 133 Å². The Morgan fingerprint density at radius 2 is 1.72 bits per heavy atom. The van der Waals surface area contributed by atoms with Crippen LogP contribution in [-0.4, -0.2) is 49.9 Å². The van der Waals surface area contributed by atoms with Gasteiger partial charge in [-0.05, 0) is 70.8 Å². The smallest absolute Gasteiger partial charge is 0.266 e. The summed E-state index contributed by atoms with van der Waals surface area (Å²) in [5, 5.41) is 13.6. The van der Waals surface area contributed by atoms with E-state index in [1.807, 2.05) is 36.4 Å². The van der Waals surface area contributed by atoms with Crippen LogP contribution < -0.4 is 25.1 Å². The number of carbonyl (C=O) groups is 1. The molecule has 0 radical (unpaired) electrons. The van der Waals surface area contributed by atoms with Crippen LogP contribution in [0.3, 0.4) is 0 Å². The minimum atomic E-state index is -1.62. The molecule has 0 aliphatic carbocycles. The second-order valence-corrected chi connectivity index (χ2v) is 12.2. The Bertz CT molecular complexity index is 1860. The van der Waals surface area contributed by atoms with Gasteiger partial charge in [0.1, 0.15) is 17.2 Å². The summed E-state index contributed by atoms with van der Waals surface area (Å²) in [6.07, 6.45) is -0.451. The maximum absolute atomic E-state index is 14.7. The second-order valence-electron chi connectivity index (χ2n) is 11.3. The molecule has 1 amide bonds. The third-order valence-electron chi connectivity index (χ3n) is 8.06. The van der Waals surface area contributed by atoms with Gasteiger partial charge < -0.3 is 24.1 Å². The molecule has 12 nitrogen and oxygen atoms in total. The quantitative estimate of drug-likeness (QED) is 0.0373. The van der Waals surface area contributed by atoms with Crippen molar-refractivity contribution in [2.75, 3.05) is 27.4 Å². The van der Waals surface area contributed by atoms with E-state index in [2.05, 4.69) is 20.9 Å². The standard InChI is InChI=1S/C36H36Cl2N6O6/c1-47-29-16-23(17-30(19-29)48-2)21-40-43-35(46)36(20-25-6-3-4-7-26(25)22-41-44-39)33(31-13-10-27(37)18-32(31)38)50-34(42-36)24-8-11-28(12-9-24)49-15-5-14-45/h3-4,6-13,16-19,33,40,45H,5,14-15,20-22H2,1-2H3,(H,43,46)/t33-,36-/m0/s1. The highest BCUT2D eigenvalue weighted by Gasteiger charge is 2.54. The van der Waals surface area contributed by atoms with Gasteiger partial charge in [0.05, 0.1) is 27.4 Å². The largest absolute Gasteiger partial charge is 0.497 e. The van der Waals surface area contributed by atoms with E-state index in [1.54, 1.807) is 62.8 Å². The van der Waals surface area contributed by atoms with E-state index in [9.17, 15) is 4.79 Å². The summed E-state index contributed by atoms with van der Waals surface area (Å²) in [6.45, 7) is 0.681. The molecule has 5 rings (SSSR count). The van der Waals surface area contributed by atoms with E-state index in [1.165, 1.54) is 0 Å². The number of rotatable bonds is 16. The van der Waals surface area contributed by atoms with Crippen LogP contribution in [0.1, 0.15) is 40.3 Å². The zero-order valence-corrected chi connectivity index (χ0v) is 28.9. The van der Waals surface area contributed by atoms with Crippen LogP contribution in [0, 0.1) is 0 Å². The number of nitrogens with zero attached hydrogens (tertiary/aromatic N) is 4. The lowest BCUT2D eigenvalue weighted by Gasteiger charge is -2.32. The highest BCUT2D eigenvalue weighted by atomic mass is 35.5. The van der Waals surface area contributed by atoms with Crippen LogP contribution in [0.5, 0.6) is 17.2 Å². The first kappa shape index (κ1) is 36.3. The van der Waals surface area contributed by atoms with Gasteiger partial charge in [-0.1, -0.05) is 58.6 Å². The number of aliphatic imine (C=N–C) groups is 1. The summed E-state index contributed by atoms with van der Waals surface area (Å²) < 4.78 is 23.1. The number of halogens is 2. The molecule has 0 saturated carbocycles. The van der Waals surface area contributed by atoms with Crippen molar-refractivity contribution in [1.29, 1.82) is 0 Å².